The molecular weight excluding hydrogens is 484 g/mol. The van der Waals surface area contributed by atoms with E-state index in [0.29, 0.717) is 11.1 Å². The van der Waals surface area contributed by atoms with Crippen LogP contribution in [0, 0.1) is 10.8 Å². The SMILES string of the molecule is C=C1[C@]23C(=O)O[C@@H](C)[C@]2(O)C(=O)O[C@@]1(C)[C@H](OC(C)=O)C1=C(C)C2=C(C=CC(=O)OC2(C)C)C(O)C13C. The van der Waals surface area contributed by atoms with E-state index in [9.17, 15) is 29.4 Å². The number of carbonyl (C=O) groups excluding carboxylic acids is 4. The van der Waals surface area contributed by atoms with Gasteiger partial charge in [0.05, 0.1) is 6.10 Å². The number of carbonyl (C=O) groups is 4. The minimum Gasteiger partial charge on any atom is -0.458 e. The standard InChI is InChI=1S/C27H30O10/c1-11-17-15(9-10-16(29)36-23(17,5)6)19(30)24(7)18(11)20(35-14(4)28)25(8)12(2)26(24)21(31)34-13(3)27(26,33)22(32)37-25/h9-10,13,19-20,30,33H,2H2,1,3-8H3/t13-,19?,20+,24?,25+,26+,27-/m0/s1. The zero-order valence-corrected chi connectivity index (χ0v) is 21.8. The van der Waals surface area contributed by atoms with Gasteiger partial charge in [-0.2, -0.15) is 0 Å². The van der Waals surface area contributed by atoms with Crippen LogP contribution < -0.4 is 0 Å². The number of cyclic esters (lactones) is 2. The van der Waals surface area contributed by atoms with Gasteiger partial charge in [-0.1, -0.05) is 13.5 Å². The third kappa shape index (κ3) is 2.48. The van der Waals surface area contributed by atoms with Gasteiger partial charge in [-0.05, 0) is 63.0 Å². The number of hydrogen-bond donors (Lipinski definition) is 2. The average Bonchev–Trinajstić information content (AvgIpc) is 2.89. The molecule has 1 spiro atoms. The van der Waals surface area contributed by atoms with E-state index in [1.54, 1.807) is 20.8 Å². The highest BCUT2D eigenvalue weighted by Crippen LogP contribution is 2.74. The molecule has 0 amide bonds. The highest BCUT2D eigenvalue weighted by Gasteiger charge is 2.88. The van der Waals surface area contributed by atoms with Gasteiger partial charge in [0.15, 0.2) is 11.7 Å². The first kappa shape index (κ1) is 25.4. The summed E-state index contributed by atoms with van der Waals surface area (Å²) in [5.74, 6) is -3.47. The fraction of sp³-hybridized carbons (Fsp3) is 0.556. The molecule has 3 aliphatic heterocycles. The zero-order valence-electron chi connectivity index (χ0n) is 21.8. The zero-order chi connectivity index (χ0) is 27.7. The number of esters is 4. The largest absolute Gasteiger partial charge is 0.458 e. The molecule has 3 heterocycles. The Bertz CT molecular complexity index is 1320. The lowest BCUT2D eigenvalue weighted by molar-refractivity contribution is -0.248. The molecule has 3 fully saturated rings. The summed E-state index contributed by atoms with van der Waals surface area (Å²) in [5.41, 5.74) is -8.33. The molecule has 2 N–H and O–H groups in total. The van der Waals surface area contributed by atoms with Crippen molar-refractivity contribution < 1.29 is 48.3 Å². The van der Waals surface area contributed by atoms with Gasteiger partial charge >= 0.3 is 23.9 Å². The maximum atomic E-state index is 13.9. The predicted octanol–water partition coefficient (Wildman–Crippen LogP) is 1.35. The Balaban J connectivity index is 1.98. The Labute approximate surface area is 213 Å². The van der Waals surface area contributed by atoms with Crippen molar-refractivity contribution in [2.24, 2.45) is 10.8 Å². The fourth-order valence-electron chi connectivity index (χ4n) is 7.60. The minimum absolute atomic E-state index is 0.0611. The van der Waals surface area contributed by atoms with E-state index in [1.165, 1.54) is 33.8 Å². The first-order valence-corrected chi connectivity index (χ1v) is 12.0. The van der Waals surface area contributed by atoms with Crippen molar-refractivity contribution in [3.05, 3.63) is 46.6 Å². The summed E-state index contributed by atoms with van der Waals surface area (Å²) in [7, 11) is 0. The normalized spacial score (nSPS) is 43.8. The summed E-state index contributed by atoms with van der Waals surface area (Å²) in [5, 5.41) is 24.2. The third-order valence-corrected chi connectivity index (χ3v) is 9.07. The van der Waals surface area contributed by atoms with E-state index in [1.807, 2.05) is 0 Å². The molecule has 5 rings (SSSR count). The fourth-order valence-corrected chi connectivity index (χ4v) is 7.60. The Morgan fingerprint density at radius 1 is 1.08 bits per heavy atom. The maximum absolute atomic E-state index is 13.9. The van der Waals surface area contributed by atoms with Gasteiger partial charge < -0.3 is 29.2 Å². The van der Waals surface area contributed by atoms with Gasteiger partial charge in [-0.25, -0.2) is 9.59 Å². The number of rotatable bonds is 1. The second-order valence-electron chi connectivity index (χ2n) is 11.3. The first-order valence-electron chi connectivity index (χ1n) is 12.0. The number of ether oxygens (including phenoxy) is 4. The smallest absolute Gasteiger partial charge is 0.344 e. The molecule has 10 nitrogen and oxygen atoms in total. The van der Waals surface area contributed by atoms with Crippen molar-refractivity contribution in [2.75, 3.05) is 0 Å². The van der Waals surface area contributed by atoms with E-state index < -0.39 is 69.8 Å². The summed E-state index contributed by atoms with van der Waals surface area (Å²) in [4.78, 5) is 52.2. The quantitative estimate of drug-likeness (QED) is 0.299. The molecule has 2 saturated heterocycles. The molecule has 2 aliphatic carbocycles. The van der Waals surface area contributed by atoms with E-state index in [0.717, 1.165) is 6.08 Å². The van der Waals surface area contributed by atoms with E-state index in [4.69, 9.17) is 18.9 Å². The van der Waals surface area contributed by atoms with Crippen LogP contribution in [0.15, 0.2) is 46.6 Å². The van der Waals surface area contributed by atoms with Crippen LogP contribution in [0.4, 0.5) is 0 Å². The molecule has 0 aromatic carbocycles. The monoisotopic (exact) mass is 514 g/mol. The third-order valence-electron chi connectivity index (χ3n) is 9.07. The number of hydrogen-bond acceptors (Lipinski definition) is 10. The summed E-state index contributed by atoms with van der Waals surface area (Å²) in [6.45, 7) is 14.6. The molecule has 2 unspecified atom stereocenters. The van der Waals surface area contributed by atoms with Crippen LogP contribution in [0.25, 0.3) is 0 Å². The van der Waals surface area contributed by atoms with Crippen molar-refractivity contribution >= 4 is 23.9 Å². The molecule has 198 valence electrons. The second kappa shape index (κ2) is 6.99. The van der Waals surface area contributed by atoms with Crippen molar-refractivity contribution in [1.29, 1.82) is 0 Å². The van der Waals surface area contributed by atoms with Crippen LogP contribution in [0.3, 0.4) is 0 Å². The van der Waals surface area contributed by atoms with Crippen LogP contribution in [-0.4, -0.2) is 69.2 Å². The van der Waals surface area contributed by atoms with Gasteiger partial charge in [0.2, 0.25) is 5.60 Å². The molecule has 10 heteroatoms. The van der Waals surface area contributed by atoms with Crippen LogP contribution in [-0.2, 0) is 38.1 Å². The lowest BCUT2D eigenvalue weighted by Crippen LogP contribution is -2.80. The van der Waals surface area contributed by atoms with Gasteiger partial charge in [0.25, 0.3) is 0 Å². The van der Waals surface area contributed by atoms with E-state index >= 15 is 0 Å². The minimum atomic E-state index is -2.56. The molecule has 0 aromatic heterocycles. The summed E-state index contributed by atoms with van der Waals surface area (Å²) in [6.07, 6.45) is -1.70. The lowest BCUT2D eigenvalue weighted by Gasteiger charge is -2.66. The van der Waals surface area contributed by atoms with Gasteiger partial charge in [0.1, 0.15) is 17.1 Å². The van der Waals surface area contributed by atoms with Crippen LogP contribution in [0.1, 0.15) is 48.5 Å². The lowest BCUT2D eigenvalue weighted by atomic mass is 9.39. The number of aliphatic hydroxyl groups excluding tert-OH is 1. The Kier molecular flexibility index (Phi) is 4.80. The van der Waals surface area contributed by atoms with Gasteiger partial charge in [-0.3, -0.25) is 9.59 Å². The van der Waals surface area contributed by atoms with Crippen LogP contribution in [0.5, 0.6) is 0 Å². The van der Waals surface area contributed by atoms with Crippen molar-refractivity contribution in [2.45, 2.75) is 83.6 Å². The highest BCUT2D eigenvalue weighted by molar-refractivity contribution is 6.01. The summed E-state index contributed by atoms with van der Waals surface area (Å²) >= 11 is 0. The molecule has 0 aromatic rings. The topological polar surface area (TPSA) is 146 Å². The maximum Gasteiger partial charge on any atom is 0.344 e. The Morgan fingerprint density at radius 2 is 1.70 bits per heavy atom. The molecule has 37 heavy (non-hydrogen) atoms. The molecular formula is C27H30O10. The summed E-state index contributed by atoms with van der Waals surface area (Å²) in [6, 6.07) is 0. The average molecular weight is 515 g/mol. The number of aliphatic hydroxyl groups is 2. The predicted molar refractivity (Wildman–Crippen MR) is 125 cm³/mol. The summed E-state index contributed by atoms with van der Waals surface area (Å²) < 4.78 is 22.7. The van der Waals surface area contributed by atoms with Crippen molar-refractivity contribution in [1.82, 2.24) is 0 Å². The van der Waals surface area contributed by atoms with Gasteiger partial charge in [0, 0.05) is 24.0 Å². The molecule has 5 aliphatic rings. The molecule has 7 atom stereocenters. The van der Waals surface area contributed by atoms with Crippen molar-refractivity contribution in [3.8, 4) is 0 Å². The van der Waals surface area contributed by atoms with E-state index in [2.05, 4.69) is 6.58 Å². The molecule has 0 radical (unpaired) electrons. The Hall–Kier alpha value is -3.24. The first-order chi connectivity index (χ1) is 16.9. The van der Waals surface area contributed by atoms with Crippen LogP contribution >= 0.6 is 0 Å². The number of fused-ring (bicyclic) bond motifs is 2. The molecule has 1 saturated carbocycles. The highest BCUT2D eigenvalue weighted by atomic mass is 16.6. The Morgan fingerprint density at radius 3 is 2.30 bits per heavy atom. The van der Waals surface area contributed by atoms with Crippen LogP contribution in [0.2, 0.25) is 0 Å². The second-order valence-corrected chi connectivity index (χ2v) is 11.3. The van der Waals surface area contributed by atoms with Gasteiger partial charge in [-0.15, -0.1) is 0 Å². The molecule has 2 bridgehead atoms. The van der Waals surface area contributed by atoms with E-state index in [-0.39, 0.29) is 16.7 Å². The van der Waals surface area contributed by atoms with Crippen molar-refractivity contribution in [3.63, 3.8) is 0 Å².